The molecule has 0 saturated heterocycles. The lowest BCUT2D eigenvalue weighted by Gasteiger charge is -2.08. The van der Waals surface area contributed by atoms with Crippen LogP contribution in [0.2, 0.25) is 0 Å². The third-order valence-electron chi connectivity index (χ3n) is 4.63. The van der Waals surface area contributed by atoms with E-state index in [0.29, 0.717) is 13.0 Å². The largest absolute Gasteiger partial charge is 0.355 e. The number of fused-ring (bicyclic) bond motifs is 1. The molecule has 0 aliphatic carbocycles. The lowest BCUT2D eigenvalue weighted by molar-refractivity contribution is -0.118. The maximum atomic E-state index is 12.0. The van der Waals surface area contributed by atoms with Crippen molar-refractivity contribution < 1.29 is 9.59 Å². The number of aromatic nitrogens is 3. The van der Waals surface area contributed by atoms with Gasteiger partial charge in [0, 0.05) is 31.6 Å². The van der Waals surface area contributed by atoms with Gasteiger partial charge < -0.3 is 15.2 Å². The van der Waals surface area contributed by atoms with Gasteiger partial charge in [-0.15, -0.1) is 22.0 Å². The summed E-state index contributed by atoms with van der Waals surface area (Å²) < 4.78 is 2.20. The number of nitrogens with one attached hydrogen (secondary N) is 2. The van der Waals surface area contributed by atoms with Crippen molar-refractivity contribution in [2.24, 2.45) is 0 Å². The minimum Gasteiger partial charge on any atom is -0.355 e. The second kappa shape index (κ2) is 10.3. The number of benzene rings is 1. The van der Waals surface area contributed by atoms with E-state index < -0.39 is 0 Å². The molecule has 0 bridgehead atoms. The summed E-state index contributed by atoms with van der Waals surface area (Å²) in [5.41, 5.74) is 1.87. The van der Waals surface area contributed by atoms with Crippen molar-refractivity contribution in [3.63, 3.8) is 0 Å². The molecule has 2 heterocycles. The van der Waals surface area contributed by atoms with Gasteiger partial charge in [0.25, 0.3) is 0 Å². The number of aryl methyl sites for hydroxylation is 2. The van der Waals surface area contributed by atoms with Crippen LogP contribution in [0.3, 0.4) is 0 Å². The van der Waals surface area contributed by atoms with Crippen LogP contribution in [0.15, 0.2) is 24.3 Å². The molecule has 150 valence electrons. The average Bonchev–Trinajstić information content (AvgIpc) is 2.88. The second-order valence-electron chi connectivity index (χ2n) is 7.01. The van der Waals surface area contributed by atoms with E-state index in [4.69, 9.17) is 0 Å². The van der Waals surface area contributed by atoms with Crippen molar-refractivity contribution in [1.82, 2.24) is 20.1 Å². The third kappa shape index (κ3) is 6.09. The summed E-state index contributed by atoms with van der Waals surface area (Å²) in [5, 5.41) is 14.3. The van der Waals surface area contributed by atoms with Crippen LogP contribution in [-0.4, -0.2) is 44.6 Å². The summed E-state index contributed by atoms with van der Waals surface area (Å²) in [6.07, 6.45) is 5.22. The van der Waals surface area contributed by atoms with Crippen LogP contribution < -0.4 is 10.6 Å². The molecule has 2 amide bonds. The van der Waals surface area contributed by atoms with Crippen LogP contribution in [0, 0.1) is 6.92 Å². The highest BCUT2D eigenvalue weighted by atomic mass is 32.2. The molecule has 28 heavy (non-hydrogen) atoms. The molecule has 1 aliphatic rings. The maximum absolute atomic E-state index is 12.0. The van der Waals surface area contributed by atoms with E-state index in [2.05, 4.69) is 25.4 Å². The number of rotatable bonds is 8. The Kier molecular flexibility index (Phi) is 7.47. The van der Waals surface area contributed by atoms with Crippen LogP contribution >= 0.6 is 11.8 Å². The van der Waals surface area contributed by atoms with Gasteiger partial charge in [0.1, 0.15) is 11.6 Å². The lowest BCUT2D eigenvalue weighted by Crippen LogP contribution is -2.28. The molecule has 0 atom stereocenters. The quantitative estimate of drug-likeness (QED) is 0.709. The van der Waals surface area contributed by atoms with Crippen LogP contribution in [0.4, 0.5) is 5.69 Å². The standard InChI is InChI=1S/C20H27N5O2S/c1-15-6-5-7-16(12-15)22-20(27)14-28-13-19(26)21-10-9-18-24-23-17-8-3-2-4-11-25(17)18/h5-7,12H,2-4,8-11,13-14H2,1H3,(H,21,26)(H,22,27). The van der Waals surface area contributed by atoms with E-state index >= 15 is 0 Å². The Morgan fingerprint density at radius 3 is 2.86 bits per heavy atom. The van der Waals surface area contributed by atoms with Crippen LogP contribution in [0.1, 0.15) is 36.5 Å². The van der Waals surface area contributed by atoms with Gasteiger partial charge in [-0.1, -0.05) is 18.6 Å². The first-order valence-corrected chi connectivity index (χ1v) is 10.9. The van der Waals surface area contributed by atoms with Crippen LogP contribution in [0.25, 0.3) is 0 Å². The Morgan fingerprint density at radius 2 is 2.00 bits per heavy atom. The predicted molar refractivity (Wildman–Crippen MR) is 111 cm³/mol. The Labute approximate surface area is 169 Å². The van der Waals surface area contributed by atoms with Crippen molar-refractivity contribution in [3.8, 4) is 0 Å². The Bertz CT molecular complexity index is 821. The summed E-state index contributed by atoms with van der Waals surface area (Å²) in [4.78, 5) is 24.0. The molecule has 7 nitrogen and oxygen atoms in total. The minimum absolute atomic E-state index is 0.0658. The first kappa shape index (κ1) is 20.4. The molecule has 3 rings (SSSR count). The van der Waals surface area contributed by atoms with E-state index in [9.17, 15) is 9.59 Å². The molecule has 1 aromatic carbocycles. The summed E-state index contributed by atoms with van der Waals surface area (Å²) >= 11 is 1.31. The summed E-state index contributed by atoms with van der Waals surface area (Å²) in [6.45, 7) is 3.48. The predicted octanol–water partition coefficient (Wildman–Crippen LogP) is 2.34. The Hall–Kier alpha value is -2.35. The highest BCUT2D eigenvalue weighted by Crippen LogP contribution is 2.14. The number of carbonyl (C=O) groups excluding carboxylic acids is 2. The van der Waals surface area contributed by atoms with Crippen molar-refractivity contribution in [2.75, 3.05) is 23.4 Å². The molecule has 8 heteroatoms. The van der Waals surface area contributed by atoms with Gasteiger partial charge in [-0.05, 0) is 37.5 Å². The number of amides is 2. The fourth-order valence-corrected chi connectivity index (χ4v) is 3.90. The Morgan fingerprint density at radius 1 is 1.14 bits per heavy atom. The number of hydrogen-bond donors (Lipinski definition) is 2. The van der Waals surface area contributed by atoms with Gasteiger partial charge in [-0.2, -0.15) is 0 Å². The molecule has 1 aromatic heterocycles. The zero-order valence-corrected chi connectivity index (χ0v) is 17.1. The highest BCUT2D eigenvalue weighted by Gasteiger charge is 2.14. The molecule has 2 N–H and O–H groups in total. The van der Waals surface area contributed by atoms with Gasteiger partial charge in [0.15, 0.2) is 0 Å². The molecular weight excluding hydrogens is 374 g/mol. The highest BCUT2D eigenvalue weighted by molar-refractivity contribution is 8.00. The number of nitrogens with zero attached hydrogens (tertiary/aromatic N) is 3. The number of thioether (sulfide) groups is 1. The second-order valence-corrected chi connectivity index (χ2v) is 7.99. The van der Waals surface area contributed by atoms with E-state index in [-0.39, 0.29) is 23.3 Å². The monoisotopic (exact) mass is 401 g/mol. The van der Waals surface area contributed by atoms with Crippen molar-refractivity contribution >= 4 is 29.3 Å². The molecule has 0 radical (unpaired) electrons. The molecule has 0 fully saturated rings. The fourth-order valence-electron chi connectivity index (χ4n) is 3.25. The number of hydrogen-bond acceptors (Lipinski definition) is 5. The van der Waals surface area contributed by atoms with E-state index in [1.165, 1.54) is 24.6 Å². The van der Waals surface area contributed by atoms with Gasteiger partial charge in [-0.25, -0.2) is 0 Å². The summed E-state index contributed by atoms with van der Waals surface area (Å²) in [7, 11) is 0. The van der Waals surface area contributed by atoms with E-state index in [0.717, 1.165) is 42.3 Å². The smallest absolute Gasteiger partial charge is 0.234 e. The molecule has 2 aromatic rings. The number of anilines is 1. The minimum atomic E-state index is -0.102. The van der Waals surface area contributed by atoms with Gasteiger partial charge >= 0.3 is 0 Å². The van der Waals surface area contributed by atoms with Crippen LogP contribution in [-0.2, 0) is 29.0 Å². The van der Waals surface area contributed by atoms with E-state index in [1.54, 1.807) is 0 Å². The van der Waals surface area contributed by atoms with Crippen molar-refractivity contribution in [2.45, 2.75) is 45.6 Å². The van der Waals surface area contributed by atoms with Crippen molar-refractivity contribution in [3.05, 3.63) is 41.5 Å². The topological polar surface area (TPSA) is 88.9 Å². The molecule has 0 unspecified atom stereocenters. The zero-order valence-electron chi connectivity index (χ0n) is 16.2. The lowest BCUT2D eigenvalue weighted by atomic mass is 10.2. The molecule has 1 aliphatic heterocycles. The van der Waals surface area contributed by atoms with Gasteiger partial charge in [0.2, 0.25) is 11.8 Å². The average molecular weight is 402 g/mol. The first-order valence-electron chi connectivity index (χ1n) is 9.74. The molecular formula is C20H27N5O2S. The van der Waals surface area contributed by atoms with E-state index in [1.807, 2.05) is 31.2 Å². The Balaban J connectivity index is 1.33. The fraction of sp³-hybridized carbons (Fsp3) is 0.500. The number of carbonyl (C=O) groups is 2. The van der Waals surface area contributed by atoms with Gasteiger partial charge in [-0.3, -0.25) is 9.59 Å². The SMILES string of the molecule is Cc1cccc(NC(=O)CSCC(=O)NCCc2nnc3n2CCCCC3)c1. The normalized spacial score (nSPS) is 13.5. The van der Waals surface area contributed by atoms with Crippen molar-refractivity contribution in [1.29, 1.82) is 0 Å². The summed E-state index contributed by atoms with van der Waals surface area (Å²) in [5.74, 6) is 2.35. The maximum Gasteiger partial charge on any atom is 0.234 e. The van der Waals surface area contributed by atoms with Crippen LogP contribution in [0.5, 0.6) is 0 Å². The molecule has 0 saturated carbocycles. The molecule has 0 spiro atoms. The zero-order chi connectivity index (χ0) is 19.8. The van der Waals surface area contributed by atoms with Gasteiger partial charge in [0.05, 0.1) is 11.5 Å². The summed E-state index contributed by atoms with van der Waals surface area (Å²) in [6, 6.07) is 7.65. The first-order chi connectivity index (χ1) is 13.6. The third-order valence-corrected chi connectivity index (χ3v) is 5.56.